The van der Waals surface area contributed by atoms with Crippen molar-refractivity contribution in [3.05, 3.63) is 194 Å². The Bertz CT molecular complexity index is 3370. The fourth-order valence-electron chi connectivity index (χ4n) is 8.59. The molecule has 3 nitrogen and oxygen atoms in total. The van der Waals surface area contributed by atoms with Crippen molar-refractivity contribution in [2.75, 3.05) is 0 Å². The minimum Gasteiger partial charge on any atom is -0.309 e. The number of benzene rings is 9. The van der Waals surface area contributed by atoms with E-state index >= 15 is 0 Å². The molecule has 0 unspecified atom stereocenters. The van der Waals surface area contributed by atoms with Crippen LogP contribution in [0.4, 0.5) is 0 Å². The van der Waals surface area contributed by atoms with Crippen molar-refractivity contribution in [2.45, 2.75) is 0 Å². The molecule has 0 amide bonds. The van der Waals surface area contributed by atoms with Crippen LogP contribution in [0.5, 0.6) is 0 Å². The van der Waals surface area contributed by atoms with Crippen molar-refractivity contribution < 1.29 is 0 Å². The number of hydrogen-bond acceptors (Lipinski definition) is 2. The van der Waals surface area contributed by atoms with E-state index in [1.54, 1.807) is 0 Å². The van der Waals surface area contributed by atoms with Gasteiger partial charge in [-0.15, -0.1) is 0 Å². The van der Waals surface area contributed by atoms with Gasteiger partial charge < -0.3 is 4.57 Å². The van der Waals surface area contributed by atoms with Crippen molar-refractivity contribution >= 4 is 65.0 Å². The standard InChI is InChI=1S/C52H31N3/c53-32-33-19-25-49-45(27-33)46-30-38(24-26-50(46)55(49)40-13-5-2-6-14-40)36-20-21-37-29-39(23-22-35(37)28-36)44-31-47-51(42-16-8-7-15-41(42)44)43-17-9-10-18-48(43)54-52(47)34-11-3-1-4-12-34/h1-31H. The molecule has 0 aliphatic rings. The second-order valence-corrected chi connectivity index (χ2v) is 14.3. The van der Waals surface area contributed by atoms with Crippen molar-refractivity contribution in [3.8, 4) is 45.3 Å². The Balaban J connectivity index is 1.07. The molecule has 55 heavy (non-hydrogen) atoms. The highest BCUT2D eigenvalue weighted by Crippen LogP contribution is 2.42. The monoisotopic (exact) mass is 697 g/mol. The number of fused-ring (bicyclic) bond motifs is 9. The summed E-state index contributed by atoms with van der Waals surface area (Å²) in [6, 6.07) is 69.2. The van der Waals surface area contributed by atoms with Crippen LogP contribution >= 0.6 is 0 Å². The second kappa shape index (κ2) is 12.3. The molecule has 3 heteroatoms. The molecule has 0 spiro atoms. The van der Waals surface area contributed by atoms with E-state index in [9.17, 15) is 5.26 Å². The molecule has 0 N–H and O–H groups in total. The van der Waals surface area contributed by atoms with E-state index in [1.165, 1.54) is 43.4 Å². The molecule has 0 fully saturated rings. The third-order valence-corrected chi connectivity index (χ3v) is 11.1. The van der Waals surface area contributed by atoms with Crippen LogP contribution in [0.1, 0.15) is 5.56 Å². The summed E-state index contributed by atoms with van der Waals surface area (Å²) in [5, 5.41) is 20.3. The van der Waals surface area contributed by atoms with Gasteiger partial charge in [-0.05, 0) is 111 Å². The maximum atomic E-state index is 9.76. The maximum Gasteiger partial charge on any atom is 0.0991 e. The van der Waals surface area contributed by atoms with Crippen LogP contribution in [0.3, 0.4) is 0 Å². The number of nitrogens with zero attached hydrogens (tertiary/aromatic N) is 3. The Morgan fingerprint density at radius 1 is 0.418 bits per heavy atom. The Kier molecular flexibility index (Phi) is 6.92. The summed E-state index contributed by atoms with van der Waals surface area (Å²) in [7, 11) is 0. The molecule has 11 aromatic rings. The van der Waals surface area contributed by atoms with Crippen LogP contribution in [-0.2, 0) is 0 Å². The molecule has 0 saturated carbocycles. The molecular weight excluding hydrogens is 667 g/mol. The first-order valence-corrected chi connectivity index (χ1v) is 18.6. The van der Waals surface area contributed by atoms with Gasteiger partial charge in [0.1, 0.15) is 0 Å². The summed E-state index contributed by atoms with van der Waals surface area (Å²) in [5.41, 5.74) is 11.7. The molecule has 0 aliphatic carbocycles. The molecule has 0 atom stereocenters. The topological polar surface area (TPSA) is 41.6 Å². The van der Waals surface area contributed by atoms with Crippen LogP contribution in [0, 0.1) is 11.3 Å². The molecule has 0 saturated heterocycles. The van der Waals surface area contributed by atoms with Crippen LogP contribution < -0.4 is 0 Å². The highest BCUT2D eigenvalue weighted by atomic mass is 15.0. The average Bonchev–Trinajstić information content (AvgIpc) is 3.58. The first-order chi connectivity index (χ1) is 27.2. The zero-order chi connectivity index (χ0) is 36.5. The maximum absolute atomic E-state index is 9.76. The Hall–Kier alpha value is -7.54. The van der Waals surface area contributed by atoms with E-state index < -0.39 is 0 Å². The summed E-state index contributed by atoms with van der Waals surface area (Å²) < 4.78 is 2.29. The lowest BCUT2D eigenvalue weighted by Gasteiger charge is -2.16. The van der Waals surface area contributed by atoms with Crippen LogP contribution in [-0.4, -0.2) is 9.55 Å². The number of hydrogen-bond donors (Lipinski definition) is 0. The van der Waals surface area contributed by atoms with Gasteiger partial charge in [0.2, 0.25) is 0 Å². The number of pyridine rings is 1. The van der Waals surface area contributed by atoms with Crippen molar-refractivity contribution in [1.29, 1.82) is 5.26 Å². The van der Waals surface area contributed by atoms with Crippen molar-refractivity contribution in [1.82, 2.24) is 9.55 Å². The molecular formula is C52H31N3. The molecule has 9 aromatic carbocycles. The van der Waals surface area contributed by atoms with E-state index in [1.807, 2.05) is 18.2 Å². The normalized spacial score (nSPS) is 11.6. The minimum atomic E-state index is 0.659. The second-order valence-electron chi connectivity index (χ2n) is 14.3. The molecule has 2 aromatic heterocycles. The number of nitriles is 1. The van der Waals surface area contributed by atoms with Gasteiger partial charge in [-0.1, -0.05) is 121 Å². The fourth-order valence-corrected chi connectivity index (χ4v) is 8.59. The van der Waals surface area contributed by atoms with Gasteiger partial charge in [0, 0.05) is 38.2 Å². The zero-order valence-corrected chi connectivity index (χ0v) is 29.7. The largest absolute Gasteiger partial charge is 0.309 e. The Labute approximate surface area is 317 Å². The quantitative estimate of drug-likeness (QED) is 0.172. The first kappa shape index (κ1) is 31.0. The van der Waals surface area contributed by atoms with Gasteiger partial charge in [-0.3, -0.25) is 0 Å². The van der Waals surface area contributed by atoms with Gasteiger partial charge >= 0.3 is 0 Å². The molecule has 2 heterocycles. The number of aromatic nitrogens is 2. The van der Waals surface area contributed by atoms with Crippen LogP contribution in [0.2, 0.25) is 0 Å². The van der Waals surface area contributed by atoms with E-state index in [0.29, 0.717) is 5.56 Å². The van der Waals surface area contributed by atoms with Gasteiger partial charge in [0.25, 0.3) is 0 Å². The lowest BCUT2D eigenvalue weighted by Crippen LogP contribution is -1.93. The van der Waals surface area contributed by atoms with E-state index in [2.05, 4.69) is 180 Å². The first-order valence-electron chi connectivity index (χ1n) is 18.6. The third-order valence-electron chi connectivity index (χ3n) is 11.1. The van der Waals surface area contributed by atoms with Crippen molar-refractivity contribution in [3.63, 3.8) is 0 Å². The van der Waals surface area contributed by atoms with Gasteiger partial charge in [0.15, 0.2) is 0 Å². The highest BCUT2D eigenvalue weighted by Gasteiger charge is 2.18. The molecule has 0 bridgehead atoms. The number of rotatable bonds is 4. The van der Waals surface area contributed by atoms with Crippen LogP contribution in [0.15, 0.2) is 188 Å². The summed E-state index contributed by atoms with van der Waals surface area (Å²) in [5.74, 6) is 0. The van der Waals surface area contributed by atoms with E-state index in [0.717, 1.165) is 60.8 Å². The van der Waals surface area contributed by atoms with E-state index in [4.69, 9.17) is 4.98 Å². The molecule has 11 rings (SSSR count). The Morgan fingerprint density at radius 3 is 1.80 bits per heavy atom. The third kappa shape index (κ3) is 4.93. The van der Waals surface area contributed by atoms with Gasteiger partial charge in [-0.25, -0.2) is 4.98 Å². The SMILES string of the molecule is N#Cc1ccc2c(c1)c1cc(-c3ccc4cc(-c5cc6c(-c7ccccc7)nc7ccccc7c6c6ccccc56)ccc4c3)ccc1n2-c1ccccc1. The summed E-state index contributed by atoms with van der Waals surface area (Å²) in [4.78, 5) is 5.25. The molecule has 0 radical (unpaired) electrons. The average molecular weight is 698 g/mol. The minimum absolute atomic E-state index is 0.659. The summed E-state index contributed by atoms with van der Waals surface area (Å²) in [6.45, 7) is 0. The lowest BCUT2D eigenvalue weighted by molar-refractivity contribution is 1.18. The zero-order valence-electron chi connectivity index (χ0n) is 29.7. The van der Waals surface area contributed by atoms with Gasteiger partial charge in [0.05, 0.1) is 33.9 Å². The van der Waals surface area contributed by atoms with E-state index in [-0.39, 0.29) is 0 Å². The summed E-state index contributed by atoms with van der Waals surface area (Å²) in [6.07, 6.45) is 0. The highest BCUT2D eigenvalue weighted by molar-refractivity contribution is 6.25. The number of para-hydroxylation sites is 2. The smallest absolute Gasteiger partial charge is 0.0991 e. The predicted molar refractivity (Wildman–Crippen MR) is 230 cm³/mol. The molecule has 0 aliphatic heterocycles. The molecule has 254 valence electrons. The van der Waals surface area contributed by atoms with Crippen molar-refractivity contribution in [2.24, 2.45) is 0 Å². The Morgan fingerprint density at radius 2 is 1.02 bits per heavy atom. The predicted octanol–water partition coefficient (Wildman–Crippen LogP) is 13.7. The van der Waals surface area contributed by atoms with Crippen LogP contribution in [0.25, 0.3) is 104 Å². The fraction of sp³-hybridized carbons (Fsp3) is 0. The lowest BCUT2D eigenvalue weighted by atomic mass is 9.89. The van der Waals surface area contributed by atoms with Gasteiger partial charge in [-0.2, -0.15) is 5.26 Å². The summed E-state index contributed by atoms with van der Waals surface area (Å²) >= 11 is 0.